The van der Waals surface area contributed by atoms with Gasteiger partial charge in [-0.05, 0) is 6.07 Å². The molecule has 0 fully saturated rings. The van der Waals surface area contributed by atoms with Crippen LogP contribution in [-0.2, 0) is 4.79 Å². The van der Waals surface area contributed by atoms with E-state index in [-0.39, 0.29) is 28.7 Å². The summed E-state index contributed by atoms with van der Waals surface area (Å²) in [5.74, 6) is -0.108. The second-order valence-electron chi connectivity index (χ2n) is 2.50. The average molecular weight is 212 g/mol. The third-order valence-electron chi connectivity index (χ3n) is 1.28. The van der Waals surface area contributed by atoms with Crippen molar-refractivity contribution >= 4 is 28.9 Å². The van der Waals surface area contributed by atoms with Crippen molar-refractivity contribution in [2.45, 2.75) is 6.42 Å². The lowest BCUT2D eigenvalue weighted by atomic mass is 10.4. The third-order valence-corrected chi connectivity index (χ3v) is 1.43. The number of nitrogens with one attached hydrogen (secondary N) is 2. The summed E-state index contributed by atoms with van der Waals surface area (Å²) in [7, 11) is 0. The van der Waals surface area contributed by atoms with Crippen molar-refractivity contribution in [1.82, 2.24) is 10.2 Å². The standard InChI is InChI=1S/C7H8N4O2S/c8-4(14)3-7(13)9-5-1-2-6(12)11-10-5/h1-2H,3H2,(H2,8,14)(H,11,12)(H,9,10,13). The molecule has 0 saturated carbocycles. The Bertz CT molecular complexity index is 394. The Labute approximate surface area is 84.5 Å². The molecular weight excluding hydrogens is 204 g/mol. The molecule has 0 aliphatic carbocycles. The van der Waals surface area contributed by atoms with E-state index in [0.717, 1.165) is 0 Å². The van der Waals surface area contributed by atoms with Crippen molar-refractivity contribution in [1.29, 1.82) is 0 Å². The van der Waals surface area contributed by atoms with Gasteiger partial charge in [0.05, 0.1) is 11.4 Å². The molecule has 0 aliphatic rings. The quantitative estimate of drug-likeness (QED) is 0.580. The molecule has 0 aliphatic heterocycles. The summed E-state index contributed by atoms with van der Waals surface area (Å²) in [4.78, 5) is 21.8. The fraction of sp³-hybridized carbons (Fsp3) is 0.143. The molecule has 1 rings (SSSR count). The number of nitrogens with zero attached hydrogens (tertiary/aromatic N) is 1. The fourth-order valence-corrected chi connectivity index (χ4v) is 0.890. The Morgan fingerprint density at radius 2 is 2.36 bits per heavy atom. The summed E-state index contributed by atoms with van der Waals surface area (Å²) < 4.78 is 0. The van der Waals surface area contributed by atoms with Crippen LogP contribution in [0.15, 0.2) is 16.9 Å². The van der Waals surface area contributed by atoms with Gasteiger partial charge in [0.2, 0.25) is 5.91 Å². The number of hydrogen-bond acceptors (Lipinski definition) is 4. The number of rotatable bonds is 3. The average Bonchev–Trinajstić information content (AvgIpc) is 2.07. The number of aromatic amines is 1. The monoisotopic (exact) mass is 212 g/mol. The van der Waals surface area contributed by atoms with E-state index in [4.69, 9.17) is 5.73 Å². The highest BCUT2D eigenvalue weighted by Gasteiger charge is 2.04. The molecule has 14 heavy (non-hydrogen) atoms. The summed E-state index contributed by atoms with van der Waals surface area (Å²) in [6.45, 7) is 0. The van der Waals surface area contributed by atoms with Crippen LogP contribution in [0.4, 0.5) is 5.82 Å². The predicted molar refractivity (Wildman–Crippen MR) is 54.9 cm³/mol. The lowest BCUT2D eigenvalue weighted by Crippen LogP contribution is -2.21. The normalized spacial score (nSPS) is 9.43. The first kappa shape index (κ1) is 10.3. The molecule has 4 N–H and O–H groups in total. The summed E-state index contributed by atoms with van der Waals surface area (Å²) in [6.07, 6.45) is -0.0455. The third kappa shape index (κ3) is 3.31. The second-order valence-corrected chi connectivity index (χ2v) is 3.02. The summed E-state index contributed by atoms with van der Waals surface area (Å²) in [6, 6.07) is 2.64. The molecule has 0 bridgehead atoms. The van der Waals surface area contributed by atoms with Crippen molar-refractivity contribution in [2.24, 2.45) is 5.73 Å². The largest absolute Gasteiger partial charge is 0.393 e. The minimum Gasteiger partial charge on any atom is -0.393 e. The molecule has 1 aromatic rings. The van der Waals surface area contributed by atoms with Crippen LogP contribution in [0.1, 0.15) is 6.42 Å². The Morgan fingerprint density at radius 1 is 1.64 bits per heavy atom. The van der Waals surface area contributed by atoms with E-state index >= 15 is 0 Å². The molecule has 1 aromatic heterocycles. The van der Waals surface area contributed by atoms with Gasteiger partial charge in [0.25, 0.3) is 5.56 Å². The van der Waals surface area contributed by atoms with E-state index in [1.54, 1.807) is 0 Å². The Hall–Kier alpha value is -1.76. The van der Waals surface area contributed by atoms with Gasteiger partial charge in [-0.25, -0.2) is 5.10 Å². The van der Waals surface area contributed by atoms with Crippen LogP contribution in [0, 0.1) is 0 Å². The lowest BCUT2D eigenvalue weighted by molar-refractivity contribution is -0.115. The predicted octanol–water partition coefficient (Wildman–Crippen LogP) is -0.615. The molecule has 7 heteroatoms. The van der Waals surface area contributed by atoms with Gasteiger partial charge in [0, 0.05) is 6.07 Å². The Kier molecular flexibility index (Phi) is 3.29. The van der Waals surface area contributed by atoms with Gasteiger partial charge in [-0.3, -0.25) is 9.59 Å². The van der Waals surface area contributed by atoms with Gasteiger partial charge in [0.1, 0.15) is 0 Å². The number of carbonyl (C=O) groups excluding carboxylic acids is 1. The topological polar surface area (TPSA) is 101 Å². The molecule has 6 nitrogen and oxygen atoms in total. The van der Waals surface area contributed by atoms with Gasteiger partial charge in [-0.15, -0.1) is 0 Å². The lowest BCUT2D eigenvalue weighted by Gasteiger charge is -2.01. The minimum atomic E-state index is -0.364. The van der Waals surface area contributed by atoms with Crippen LogP contribution < -0.4 is 16.6 Å². The Balaban J connectivity index is 2.60. The number of aromatic nitrogens is 2. The number of carbonyl (C=O) groups is 1. The van der Waals surface area contributed by atoms with Crippen molar-refractivity contribution in [3.63, 3.8) is 0 Å². The first-order valence-electron chi connectivity index (χ1n) is 3.72. The summed E-state index contributed by atoms with van der Waals surface area (Å²) in [5.41, 5.74) is 4.83. The van der Waals surface area contributed by atoms with Gasteiger partial charge in [-0.1, -0.05) is 12.2 Å². The smallest absolute Gasteiger partial charge is 0.264 e. The second kappa shape index (κ2) is 4.47. The molecule has 0 saturated heterocycles. The van der Waals surface area contributed by atoms with E-state index in [1.165, 1.54) is 12.1 Å². The number of thiocarbonyl (C=S) groups is 1. The molecule has 1 amide bonds. The van der Waals surface area contributed by atoms with E-state index in [1.807, 2.05) is 0 Å². The zero-order chi connectivity index (χ0) is 10.6. The fourth-order valence-electron chi connectivity index (χ4n) is 0.759. The number of anilines is 1. The van der Waals surface area contributed by atoms with Gasteiger partial charge in [0.15, 0.2) is 5.82 Å². The maximum absolute atomic E-state index is 11.1. The van der Waals surface area contributed by atoms with Gasteiger partial charge in [-0.2, -0.15) is 5.10 Å². The van der Waals surface area contributed by atoms with Crippen molar-refractivity contribution in [3.8, 4) is 0 Å². The zero-order valence-corrected chi connectivity index (χ0v) is 7.93. The first-order chi connectivity index (χ1) is 6.58. The number of H-pyrrole nitrogens is 1. The molecule has 1 heterocycles. The van der Waals surface area contributed by atoms with Gasteiger partial charge >= 0.3 is 0 Å². The Morgan fingerprint density at radius 3 is 2.86 bits per heavy atom. The van der Waals surface area contributed by atoms with Crippen molar-refractivity contribution in [3.05, 3.63) is 22.5 Å². The van der Waals surface area contributed by atoms with Crippen LogP contribution in [0.3, 0.4) is 0 Å². The SMILES string of the molecule is NC(=S)CC(=O)Nc1ccc(=O)[nH]n1. The van der Waals surface area contributed by atoms with Crippen LogP contribution >= 0.6 is 12.2 Å². The van der Waals surface area contributed by atoms with Crippen LogP contribution in [-0.4, -0.2) is 21.1 Å². The molecule has 74 valence electrons. The van der Waals surface area contributed by atoms with E-state index in [2.05, 4.69) is 27.7 Å². The maximum atomic E-state index is 11.1. The van der Waals surface area contributed by atoms with Crippen molar-refractivity contribution < 1.29 is 4.79 Å². The molecule has 0 spiro atoms. The number of hydrogen-bond donors (Lipinski definition) is 3. The van der Waals surface area contributed by atoms with E-state index in [0.29, 0.717) is 0 Å². The highest BCUT2D eigenvalue weighted by atomic mass is 32.1. The summed E-state index contributed by atoms with van der Waals surface area (Å²) >= 11 is 4.55. The van der Waals surface area contributed by atoms with Crippen LogP contribution in [0.25, 0.3) is 0 Å². The number of amides is 1. The highest BCUT2D eigenvalue weighted by Crippen LogP contribution is 1.96. The first-order valence-corrected chi connectivity index (χ1v) is 4.12. The maximum Gasteiger partial charge on any atom is 0.264 e. The van der Waals surface area contributed by atoms with Crippen LogP contribution in [0.5, 0.6) is 0 Å². The molecular formula is C7H8N4O2S. The van der Waals surface area contributed by atoms with Crippen LogP contribution in [0.2, 0.25) is 0 Å². The van der Waals surface area contributed by atoms with E-state index < -0.39 is 0 Å². The number of nitrogens with two attached hydrogens (primary N) is 1. The molecule has 0 aromatic carbocycles. The summed E-state index contributed by atoms with van der Waals surface area (Å²) in [5, 5.41) is 8.16. The van der Waals surface area contributed by atoms with E-state index in [9.17, 15) is 9.59 Å². The highest BCUT2D eigenvalue weighted by molar-refractivity contribution is 7.80. The molecule has 0 unspecified atom stereocenters. The minimum absolute atomic E-state index is 0.0455. The molecule has 0 radical (unpaired) electrons. The molecule has 0 atom stereocenters. The zero-order valence-electron chi connectivity index (χ0n) is 7.11. The van der Waals surface area contributed by atoms with Crippen molar-refractivity contribution in [2.75, 3.05) is 5.32 Å². The van der Waals surface area contributed by atoms with Gasteiger partial charge < -0.3 is 11.1 Å².